The van der Waals surface area contributed by atoms with E-state index >= 15 is 0 Å². The van der Waals surface area contributed by atoms with Crippen LogP contribution in [0.25, 0.3) is 0 Å². The maximum atomic E-state index is 4.50. The van der Waals surface area contributed by atoms with E-state index in [9.17, 15) is 0 Å². The summed E-state index contributed by atoms with van der Waals surface area (Å²) in [5.41, 5.74) is 0.239. The average molecular weight is 282 g/mol. The maximum absolute atomic E-state index is 4.50. The lowest BCUT2D eigenvalue weighted by Crippen LogP contribution is -2.28. The number of thioether (sulfide) groups is 1. The topological polar surface area (TPSA) is 49.8 Å². The molecule has 0 atom stereocenters. The zero-order chi connectivity index (χ0) is 14.5. The maximum Gasteiger partial charge on any atom is 0.191 e. The fourth-order valence-corrected chi connectivity index (χ4v) is 1.78. The quantitative estimate of drug-likeness (QED) is 0.589. The molecule has 1 heterocycles. The highest BCUT2D eigenvalue weighted by molar-refractivity contribution is 7.98. The summed E-state index contributed by atoms with van der Waals surface area (Å²) in [4.78, 5) is 8.92. The molecule has 5 heteroatoms. The standard InChI is InChI=1S/C14H26N4S/c1-7-15-11-8-12(18-13(17-11)19-6)16-9-14(4,5)10(2)3/h8,10H,7,9H2,1-6H3,(H2,15,16,17,18). The lowest BCUT2D eigenvalue weighted by molar-refractivity contribution is 0.269. The van der Waals surface area contributed by atoms with Crippen LogP contribution in [-0.2, 0) is 0 Å². The van der Waals surface area contributed by atoms with E-state index in [2.05, 4.69) is 55.2 Å². The molecule has 108 valence electrons. The number of hydrogen-bond acceptors (Lipinski definition) is 5. The number of hydrogen-bond donors (Lipinski definition) is 2. The van der Waals surface area contributed by atoms with Gasteiger partial charge in [0.1, 0.15) is 11.6 Å². The van der Waals surface area contributed by atoms with Gasteiger partial charge in [-0.25, -0.2) is 9.97 Å². The van der Waals surface area contributed by atoms with Crippen molar-refractivity contribution < 1.29 is 0 Å². The lowest BCUT2D eigenvalue weighted by Gasteiger charge is -2.29. The number of rotatable bonds is 7. The third-order valence-corrected chi connectivity index (χ3v) is 4.08. The summed E-state index contributed by atoms with van der Waals surface area (Å²) in [7, 11) is 0. The third-order valence-electron chi connectivity index (χ3n) is 3.53. The predicted octanol–water partition coefficient (Wildman–Crippen LogP) is 3.72. The minimum absolute atomic E-state index is 0.239. The Morgan fingerprint density at radius 1 is 1.21 bits per heavy atom. The molecule has 0 radical (unpaired) electrons. The molecule has 4 nitrogen and oxygen atoms in total. The van der Waals surface area contributed by atoms with Crippen molar-refractivity contribution in [2.75, 3.05) is 30.0 Å². The van der Waals surface area contributed by atoms with Gasteiger partial charge >= 0.3 is 0 Å². The summed E-state index contributed by atoms with van der Waals surface area (Å²) in [5, 5.41) is 7.47. The van der Waals surface area contributed by atoms with Gasteiger partial charge in [0.25, 0.3) is 0 Å². The molecule has 0 aliphatic carbocycles. The van der Waals surface area contributed by atoms with E-state index < -0.39 is 0 Å². The molecule has 0 aliphatic rings. The second-order valence-electron chi connectivity index (χ2n) is 5.65. The largest absolute Gasteiger partial charge is 0.370 e. The molecule has 0 fully saturated rings. The zero-order valence-electron chi connectivity index (χ0n) is 12.9. The van der Waals surface area contributed by atoms with Gasteiger partial charge in [0, 0.05) is 19.2 Å². The van der Waals surface area contributed by atoms with Gasteiger partial charge in [0.15, 0.2) is 5.16 Å². The summed E-state index contributed by atoms with van der Waals surface area (Å²) in [5.74, 6) is 2.39. The van der Waals surface area contributed by atoms with Crippen LogP contribution >= 0.6 is 11.8 Å². The molecule has 0 aliphatic heterocycles. The van der Waals surface area contributed by atoms with Gasteiger partial charge in [-0.1, -0.05) is 39.5 Å². The third kappa shape index (κ3) is 4.90. The van der Waals surface area contributed by atoms with Crippen LogP contribution < -0.4 is 10.6 Å². The second kappa shape index (κ2) is 6.98. The molecular formula is C14H26N4S. The van der Waals surface area contributed by atoms with E-state index in [0.717, 1.165) is 29.9 Å². The van der Waals surface area contributed by atoms with Crippen LogP contribution in [0.4, 0.5) is 11.6 Å². The molecule has 0 aromatic carbocycles. The Labute approximate surface area is 121 Å². The van der Waals surface area contributed by atoms with Crippen molar-refractivity contribution in [3.63, 3.8) is 0 Å². The molecular weight excluding hydrogens is 256 g/mol. The average Bonchev–Trinajstić information content (AvgIpc) is 2.36. The zero-order valence-corrected chi connectivity index (χ0v) is 13.7. The summed E-state index contributed by atoms with van der Waals surface area (Å²) in [6.07, 6.45) is 1.99. The van der Waals surface area contributed by atoms with Crippen molar-refractivity contribution in [1.29, 1.82) is 0 Å². The highest BCUT2D eigenvalue weighted by atomic mass is 32.2. The predicted molar refractivity (Wildman–Crippen MR) is 85.1 cm³/mol. The smallest absolute Gasteiger partial charge is 0.191 e. The molecule has 1 aromatic heterocycles. The Balaban J connectivity index is 2.80. The summed E-state index contributed by atoms with van der Waals surface area (Å²) >= 11 is 1.56. The Morgan fingerprint density at radius 3 is 2.26 bits per heavy atom. The molecule has 0 saturated heterocycles. The van der Waals surface area contributed by atoms with Crippen LogP contribution in [0.2, 0.25) is 0 Å². The minimum Gasteiger partial charge on any atom is -0.370 e. The van der Waals surface area contributed by atoms with Crippen molar-refractivity contribution in [3.05, 3.63) is 6.07 Å². The highest BCUT2D eigenvalue weighted by Crippen LogP contribution is 2.26. The van der Waals surface area contributed by atoms with Crippen LogP contribution in [0.1, 0.15) is 34.6 Å². The van der Waals surface area contributed by atoms with Gasteiger partial charge in [0.2, 0.25) is 0 Å². The van der Waals surface area contributed by atoms with Crippen LogP contribution in [0.3, 0.4) is 0 Å². The van der Waals surface area contributed by atoms with E-state index in [1.165, 1.54) is 0 Å². The number of aromatic nitrogens is 2. The summed E-state index contributed by atoms with van der Waals surface area (Å²) < 4.78 is 0. The van der Waals surface area contributed by atoms with Crippen molar-refractivity contribution in [2.24, 2.45) is 11.3 Å². The van der Waals surface area contributed by atoms with Crippen LogP contribution in [-0.4, -0.2) is 29.3 Å². The normalized spacial score (nSPS) is 11.7. The van der Waals surface area contributed by atoms with Gasteiger partial charge < -0.3 is 10.6 Å². The Hall–Kier alpha value is -0.970. The number of nitrogens with one attached hydrogen (secondary N) is 2. The van der Waals surface area contributed by atoms with Crippen molar-refractivity contribution in [1.82, 2.24) is 9.97 Å². The Kier molecular flexibility index (Phi) is 5.91. The van der Waals surface area contributed by atoms with Crippen molar-refractivity contribution in [2.45, 2.75) is 39.8 Å². The van der Waals surface area contributed by atoms with Gasteiger partial charge in [0.05, 0.1) is 0 Å². The van der Waals surface area contributed by atoms with Crippen LogP contribution in [0.15, 0.2) is 11.2 Å². The Bertz CT molecular complexity index is 404. The molecule has 2 N–H and O–H groups in total. The number of nitrogens with zero attached hydrogens (tertiary/aromatic N) is 2. The van der Waals surface area contributed by atoms with Gasteiger partial charge in [-0.15, -0.1) is 0 Å². The molecule has 1 aromatic rings. The van der Waals surface area contributed by atoms with Crippen LogP contribution in [0.5, 0.6) is 0 Å². The second-order valence-corrected chi connectivity index (χ2v) is 6.43. The fraction of sp³-hybridized carbons (Fsp3) is 0.714. The first-order chi connectivity index (χ1) is 8.89. The first-order valence-corrected chi connectivity index (χ1v) is 8.02. The molecule has 0 amide bonds. The summed E-state index contributed by atoms with van der Waals surface area (Å²) in [6.45, 7) is 12.9. The van der Waals surface area contributed by atoms with Gasteiger partial charge in [-0.2, -0.15) is 0 Å². The van der Waals surface area contributed by atoms with Gasteiger partial charge in [-0.05, 0) is 24.5 Å². The minimum atomic E-state index is 0.239. The number of anilines is 2. The first-order valence-electron chi connectivity index (χ1n) is 6.80. The van der Waals surface area contributed by atoms with E-state index in [-0.39, 0.29) is 5.41 Å². The van der Waals surface area contributed by atoms with Crippen molar-refractivity contribution >= 4 is 23.4 Å². The SMILES string of the molecule is CCNc1cc(NCC(C)(C)C(C)C)nc(SC)n1. The first kappa shape index (κ1) is 16.1. The monoisotopic (exact) mass is 282 g/mol. The van der Waals surface area contributed by atoms with E-state index in [4.69, 9.17) is 0 Å². The molecule has 0 unspecified atom stereocenters. The van der Waals surface area contributed by atoms with E-state index in [0.29, 0.717) is 5.92 Å². The van der Waals surface area contributed by atoms with Crippen LogP contribution in [0, 0.1) is 11.3 Å². The molecule has 19 heavy (non-hydrogen) atoms. The Morgan fingerprint density at radius 2 is 1.79 bits per heavy atom. The highest BCUT2D eigenvalue weighted by Gasteiger charge is 2.22. The molecule has 1 rings (SSSR count). The van der Waals surface area contributed by atoms with E-state index in [1.54, 1.807) is 11.8 Å². The molecule has 0 spiro atoms. The van der Waals surface area contributed by atoms with Crippen molar-refractivity contribution in [3.8, 4) is 0 Å². The summed E-state index contributed by atoms with van der Waals surface area (Å²) in [6, 6.07) is 1.97. The lowest BCUT2D eigenvalue weighted by atomic mass is 9.81. The fourth-order valence-electron chi connectivity index (χ4n) is 1.40. The van der Waals surface area contributed by atoms with E-state index in [1.807, 2.05) is 12.3 Å². The van der Waals surface area contributed by atoms with Gasteiger partial charge in [-0.3, -0.25) is 0 Å². The molecule has 0 bridgehead atoms. The molecule has 0 saturated carbocycles.